The summed E-state index contributed by atoms with van der Waals surface area (Å²) in [5.41, 5.74) is 4.63. The Morgan fingerprint density at radius 1 is 0.758 bits per heavy atom. The fourth-order valence-corrected chi connectivity index (χ4v) is 5.27. The zero-order valence-corrected chi connectivity index (χ0v) is 21.9. The molecule has 0 saturated carbocycles. The van der Waals surface area contributed by atoms with Crippen molar-refractivity contribution in [2.24, 2.45) is 0 Å². The Morgan fingerprint density at radius 3 is 1.36 bits per heavy atom. The highest BCUT2D eigenvalue weighted by molar-refractivity contribution is 6.94. The predicted octanol–water partition coefficient (Wildman–Crippen LogP) is 4.58. The van der Waals surface area contributed by atoms with Gasteiger partial charge in [0, 0.05) is 6.42 Å². The van der Waals surface area contributed by atoms with Gasteiger partial charge in [0.25, 0.3) is 0 Å². The van der Waals surface area contributed by atoms with Crippen LogP contribution < -0.4 is 10.4 Å². The van der Waals surface area contributed by atoms with Gasteiger partial charge in [0.1, 0.15) is 16.1 Å². The molecule has 0 aliphatic carbocycles. The molecule has 6 nitrogen and oxygen atoms in total. The summed E-state index contributed by atoms with van der Waals surface area (Å²) in [5.74, 6) is -1.34. The van der Waals surface area contributed by atoms with E-state index in [4.69, 9.17) is 19.6 Å². The minimum atomic E-state index is -1.71. The maximum Gasteiger partial charge on any atom is 0.373 e. The van der Waals surface area contributed by atoms with E-state index in [0.717, 1.165) is 10.4 Å². The lowest BCUT2D eigenvalue weighted by atomic mass is 10.2. The number of carbonyl (C=O) groups excluding carboxylic acids is 2. The lowest BCUT2D eigenvalue weighted by Gasteiger charge is -2.18. The van der Waals surface area contributed by atoms with E-state index in [1.807, 2.05) is 35.7 Å². The van der Waals surface area contributed by atoms with E-state index in [2.05, 4.69) is 39.3 Å². The molecule has 0 N–H and O–H groups in total. The Morgan fingerprint density at radius 2 is 1.09 bits per heavy atom. The quantitative estimate of drug-likeness (QED) is 0.201. The molecule has 0 aliphatic rings. The molecule has 176 valence electrons. The Bertz CT molecular complexity index is 901. The van der Waals surface area contributed by atoms with Crippen LogP contribution in [0.4, 0.5) is 0 Å². The minimum absolute atomic E-state index is 0.288. The summed E-state index contributed by atoms with van der Waals surface area (Å²) in [4.78, 5) is 44.3. The van der Waals surface area contributed by atoms with Crippen LogP contribution in [0.5, 0.6) is 0 Å². The Hall–Kier alpha value is -2.79. The van der Waals surface area contributed by atoms with Gasteiger partial charge in [0.05, 0.1) is 11.1 Å². The normalized spacial score (nSPS) is 11.7. The van der Waals surface area contributed by atoms with E-state index in [1.54, 1.807) is 31.2 Å². The average Bonchev–Trinajstić information content (AvgIpc) is 2.83. The van der Waals surface area contributed by atoms with E-state index >= 15 is 0 Å². The molecule has 8 heteroatoms. The third-order valence-electron chi connectivity index (χ3n) is 5.55. The number of hydrogen-bond donors (Lipinski definition) is 0. The van der Waals surface area contributed by atoms with E-state index in [9.17, 15) is 9.59 Å². The van der Waals surface area contributed by atoms with Gasteiger partial charge in [-0.15, -0.1) is 22.9 Å². The minimum Gasteiger partial charge on any atom is -0.290 e. The SMILES string of the molecule is C=C[Si](C)(C)c1ccc(C(=O)OOC(CC)OOC(=O)c2ccc([Si](C)(C)C=C)cc2)cc1. The second-order valence-corrected chi connectivity index (χ2v) is 17.6. The zero-order valence-electron chi connectivity index (χ0n) is 19.9. The van der Waals surface area contributed by atoms with Crippen molar-refractivity contribution in [1.29, 1.82) is 0 Å². The molecule has 0 aromatic heterocycles. The molecule has 0 spiro atoms. The molecule has 0 atom stereocenters. The smallest absolute Gasteiger partial charge is 0.290 e. The van der Waals surface area contributed by atoms with Crippen LogP contribution in [0.25, 0.3) is 0 Å². The number of carbonyl (C=O) groups is 2. The van der Waals surface area contributed by atoms with Crippen LogP contribution in [0.1, 0.15) is 34.1 Å². The Kier molecular flexibility index (Phi) is 9.12. The van der Waals surface area contributed by atoms with E-state index in [1.165, 1.54) is 0 Å². The van der Waals surface area contributed by atoms with Gasteiger partial charge in [0.15, 0.2) is 0 Å². The fraction of sp³-hybridized carbons (Fsp3) is 0.280. The van der Waals surface area contributed by atoms with Crippen LogP contribution in [0, 0.1) is 0 Å². The lowest BCUT2D eigenvalue weighted by Crippen LogP contribution is -2.39. The molecule has 0 bridgehead atoms. The van der Waals surface area contributed by atoms with Gasteiger partial charge in [-0.05, 0) is 24.3 Å². The summed E-state index contributed by atoms with van der Waals surface area (Å²) in [7, 11) is -3.42. The van der Waals surface area contributed by atoms with Crippen LogP contribution in [0.15, 0.2) is 73.1 Å². The molecule has 0 heterocycles. The first kappa shape index (κ1) is 26.5. The van der Waals surface area contributed by atoms with Crippen molar-refractivity contribution in [2.45, 2.75) is 45.8 Å². The molecule has 33 heavy (non-hydrogen) atoms. The van der Waals surface area contributed by atoms with Gasteiger partial charge in [-0.3, -0.25) is 9.78 Å². The van der Waals surface area contributed by atoms with Crippen LogP contribution in [-0.4, -0.2) is 34.4 Å². The molecule has 0 amide bonds. The Labute approximate surface area is 197 Å². The van der Waals surface area contributed by atoms with E-state index < -0.39 is 34.4 Å². The van der Waals surface area contributed by atoms with Gasteiger partial charge in [0.2, 0.25) is 6.29 Å². The molecule has 2 aromatic carbocycles. The monoisotopic (exact) mass is 484 g/mol. The predicted molar refractivity (Wildman–Crippen MR) is 135 cm³/mol. The van der Waals surface area contributed by atoms with Crippen LogP contribution >= 0.6 is 0 Å². The van der Waals surface area contributed by atoms with Gasteiger partial charge in [-0.1, -0.05) is 79.1 Å². The molecular formula is C25H32O6Si2. The number of hydrogen-bond acceptors (Lipinski definition) is 6. The van der Waals surface area contributed by atoms with Crippen molar-refractivity contribution in [3.05, 3.63) is 84.2 Å². The third-order valence-corrected chi connectivity index (χ3v) is 11.2. The fourth-order valence-electron chi connectivity index (χ4n) is 2.75. The topological polar surface area (TPSA) is 71.1 Å². The van der Waals surface area contributed by atoms with Gasteiger partial charge in [-0.25, -0.2) is 9.59 Å². The maximum absolute atomic E-state index is 12.3. The summed E-state index contributed by atoms with van der Waals surface area (Å²) in [6.45, 7) is 18.2. The van der Waals surface area contributed by atoms with Crippen molar-refractivity contribution < 1.29 is 29.1 Å². The zero-order chi connectivity index (χ0) is 24.6. The Balaban J connectivity index is 1.89. The highest BCUT2D eigenvalue weighted by atomic mass is 28.3. The molecule has 0 unspecified atom stereocenters. The summed E-state index contributed by atoms with van der Waals surface area (Å²) < 4.78 is 0. The largest absolute Gasteiger partial charge is 0.373 e. The molecule has 0 aliphatic heterocycles. The summed E-state index contributed by atoms with van der Waals surface area (Å²) >= 11 is 0. The standard InChI is InChI=1S/C25H32O6Si2/c1-8-23(28-30-24(26)19-11-15-21(16-12-19)32(4,5)9-2)29-31-25(27)20-13-17-22(18-14-20)33(6,7)10-3/h9-18,23H,2-3,8H2,1,4-7H3. The number of benzene rings is 2. The van der Waals surface area contributed by atoms with Gasteiger partial charge in [-0.2, -0.15) is 0 Å². The molecule has 0 fully saturated rings. The average molecular weight is 485 g/mol. The second kappa shape index (κ2) is 11.4. The van der Waals surface area contributed by atoms with E-state index in [-0.39, 0.29) is 6.42 Å². The van der Waals surface area contributed by atoms with Gasteiger partial charge >= 0.3 is 11.9 Å². The molecular weight excluding hydrogens is 452 g/mol. The van der Waals surface area contributed by atoms with Crippen molar-refractivity contribution in [2.75, 3.05) is 0 Å². The first-order valence-electron chi connectivity index (χ1n) is 10.8. The summed E-state index contributed by atoms with van der Waals surface area (Å²) in [6, 6.07) is 14.3. The number of rotatable bonds is 11. The highest BCUT2D eigenvalue weighted by Crippen LogP contribution is 2.11. The lowest BCUT2D eigenvalue weighted by molar-refractivity contribution is -0.420. The summed E-state index contributed by atoms with van der Waals surface area (Å²) in [6.07, 6.45) is -0.771. The van der Waals surface area contributed by atoms with Crippen molar-refractivity contribution in [3.8, 4) is 0 Å². The third kappa shape index (κ3) is 7.10. The first-order chi connectivity index (χ1) is 15.5. The van der Waals surface area contributed by atoms with E-state index in [0.29, 0.717) is 11.1 Å². The summed E-state index contributed by atoms with van der Waals surface area (Å²) in [5, 5.41) is 2.31. The molecule has 2 aromatic rings. The first-order valence-corrected chi connectivity index (χ1v) is 16.9. The van der Waals surface area contributed by atoms with Crippen LogP contribution in [0.3, 0.4) is 0 Å². The van der Waals surface area contributed by atoms with Crippen molar-refractivity contribution in [1.82, 2.24) is 0 Å². The molecule has 0 saturated heterocycles. The van der Waals surface area contributed by atoms with Crippen LogP contribution in [-0.2, 0) is 19.6 Å². The highest BCUT2D eigenvalue weighted by Gasteiger charge is 2.22. The van der Waals surface area contributed by atoms with Gasteiger partial charge < -0.3 is 0 Å². The van der Waals surface area contributed by atoms with Crippen molar-refractivity contribution >= 4 is 38.5 Å². The second-order valence-electron chi connectivity index (χ2n) is 8.78. The van der Waals surface area contributed by atoms with Crippen molar-refractivity contribution in [3.63, 3.8) is 0 Å². The molecule has 2 rings (SSSR count). The van der Waals surface area contributed by atoms with Crippen LogP contribution in [0.2, 0.25) is 26.2 Å². The molecule has 0 radical (unpaired) electrons. The maximum atomic E-state index is 12.3.